The van der Waals surface area contributed by atoms with E-state index in [0.29, 0.717) is 16.8 Å². The van der Waals surface area contributed by atoms with Crippen molar-refractivity contribution in [2.24, 2.45) is 0 Å². The highest BCUT2D eigenvalue weighted by Crippen LogP contribution is 2.30. The Balaban J connectivity index is 1.59. The largest absolute Gasteiger partial charge is 0.334 e. The van der Waals surface area contributed by atoms with Crippen LogP contribution in [0.1, 0.15) is 11.1 Å². The summed E-state index contributed by atoms with van der Waals surface area (Å²) in [6.07, 6.45) is 0. The number of halogens is 1. The van der Waals surface area contributed by atoms with E-state index in [4.69, 9.17) is 4.52 Å². The van der Waals surface area contributed by atoms with Crippen LogP contribution in [0.3, 0.4) is 0 Å². The molecule has 148 valence electrons. The van der Waals surface area contributed by atoms with Crippen LogP contribution in [0.4, 0.5) is 10.1 Å². The van der Waals surface area contributed by atoms with Gasteiger partial charge in [-0.25, -0.2) is 12.8 Å². The second-order valence-corrected chi connectivity index (χ2v) is 9.39. The Hall–Kier alpha value is -3.04. The molecule has 4 rings (SSSR count). The average Bonchev–Trinajstić information content (AvgIpc) is 3.30. The van der Waals surface area contributed by atoms with Gasteiger partial charge >= 0.3 is 0 Å². The SMILES string of the molecule is Cc1cc(C)cc(NS(=O)(=O)c2cc(-c3nc(-c4cccc(F)c4)no3)cs2)c1. The van der Waals surface area contributed by atoms with Crippen LogP contribution in [0.5, 0.6) is 0 Å². The summed E-state index contributed by atoms with van der Waals surface area (Å²) in [4.78, 5) is 4.24. The molecule has 0 spiro atoms. The van der Waals surface area contributed by atoms with Crippen LogP contribution in [-0.2, 0) is 10.0 Å². The molecule has 0 saturated carbocycles. The van der Waals surface area contributed by atoms with Crippen LogP contribution in [-0.4, -0.2) is 18.6 Å². The molecule has 9 heteroatoms. The van der Waals surface area contributed by atoms with E-state index in [-0.39, 0.29) is 15.9 Å². The molecule has 0 aliphatic rings. The van der Waals surface area contributed by atoms with Gasteiger partial charge in [-0.1, -0.05) is 23.4 Å². The first kappa shape index (κ1) is 19.3. The maximum Gasteiger partial charge on any atom is 0.271 e. The highest BCUT2D eigenvalue weighted by molar-refractivity contribution is 7.94. The molecule has 4 aromatic rings. The molecule has 2 aromatic carbocycles. The number of nitrogens with one attached hydrogen (secondary N) is 1. The van der Waals surface area contributed by atoms with Crippen molar-refractivity contribution in [1.82, 2.24) is 10.1 Å². The summed E-state index contributed by atoms with van der Waals surface area (Å²) in [6.45, 7) is 3.81. The Morgan fingerprint density at radius 3 is 2.52 bits per heavy atom. The lowest BCUT2D eigenvalue weighted by molar-refractivity contribution is 0.432. The molecule has 29 heavy (non-hydrogen) atoms. The summed E-state index contributed by atoms with van der Waals surface area (Å²) in [5.41, 5.74) is 3.38. The van der Waals surface area contributed by atoms with Crippen molar-refractivity contribution < 1.29 is 17.3 Å². The van der Waals surface area contributed by atoms with Crippen LogP contribution in [0.25, 0.3) is 22.8 Å². The van der Waals surface area contributed by atoms with Crippen molar-refractivity contribution in [3.05, 3.63) is 70.9 Å². The molecule has 0 unspecified atom stereocenters. The van der Waals surface area contributed by atoms with E-state index in [1.807, 2.05) is 19.9 Å². The number of rotatable bonds is 5. The molecule has 0 fully saturated rings. The van der Waals surface area contributed by atoms with Crippen molar-refractivity contribution >= 4 is 27.0 Å². The summed E-state index contributed by atoms with van der Waals surface area (Å²) in [5.74, 6) is -0.0212. The van der Waals surface area contributed by atoms with E-state index in [9.17, 15) is 12.8 Å². The van der Waals surface area contributed by atoms with Crippen molar-refractivity contribution in [2.75, 3.05) is 4.72 Å². The van der Waals surface area contributed by atoms with E-state index in [0.717, 1.165) is 22.5 Å². The zero-order valence-electron chi connectivity index (χ0n) is 15.5. The standard InChI is InChI=1S/C20H16FN3O3S2/c1-12-6-13(2)8-17(7-12)24-29(25,26)18-10-15(11-28-18)20-22-19(23-27-20)14-4-3-5-16(21)9-14/h3-11,24H,1-2H3. The molecule has 0 aliphatic heterocycles. The minimum atomic E-state index is -3.76. The molecule has 0 aliphatic carbocycles. The molecule has 0 atom stereocenters. The molecule has 1 N–H and O–H groups in total. The fraction of sp³-hybridized carbons (Fsp3) is 0.100. The topological polar surface area (TPSA) is 85.1 Å². The van der Waals surface area contributed by atoms with E-state index >= 15 is 0 Å². The van der Waals surface area contributed by atoms with Gasteiger partial charge in [0.05, 0.1) is 5.56 Å². The number of anilines is 1. The van der Waals surface area contributed by atoms with Gasteiger partial charge in [0.2, 0.25) is 5.82 Å². The maximum absolute atomic E-state index is 13.4. The minimum Gasteiger partial charge on any atom is -0.334 e. The van der Waals surface area contributed by atoms with Gasteiger partial charge in [0, 0.05) is 16.6 Å². The molecular formula is C20H16FN3O3S2. The predicted octanol–water partition coefficient (Wildman–Crippen LogP) is 5.02. The van der Waals surface area contributed by atoms with Gasteiger partial charge in [-0.2, -0.15) is 4.98 Å². The van der Waals surface area contributed by atoms with Crippen molar-refractivity contribution in [2.45, 2.75) is 18.1 Å². The smallest absolute Gasteiger partial charge is 0.271 e. The number of thiophene rings is 1. The Bertz CT molecular complexity index is 1280. The van der Waals surface area contributed by atoms with Gasteiger partial charge in [-0.15, -0.1) is 11.3 Å². The van der Waals surface area contributed by atoms with Gasteiger partial charge in [0.15, 0.2) is 0 Å². The van der Waals surface area contributed by atoms with Gasteiger partial charge in [-0.3, -0.25) is 4.72 Å². The Morgan fingerprint density at radius 2 is 1.79 bits per heavy atom. The fourth-order valence-electron chi connectivity index (χ4n) is 2.89. The second-order valence-electron chi connectivity index (χ2n) is 6.57. The number of sulfonamides is 1. The third-order valence-electron chi connectivity index (χ3n) is 4.07. The van der Waals surface area contributed by atoms with Crippen molar-refractivity contribution in [3.8, 4) is 22.8 Å². The number of hydrogen-bond donors (Lipinski definition) is 1. The Kier molecular flexibility index (Phi) is 4.93. The summed E-state index contributed by atoms with van der Waals surface area (Å²) in [5, 5.41) is 5.47. The van der Waals surface area contributed by atoms with E-state index in [1.165, 1.54) is 18.2 Å². The predicted molar refractivity (Wildman–Crippen MR) is 110 cm³/mol. The average molecular weight is 429 g/mol. The highest BCUT2D eigenvalue weighted by atomic mass is 32.2. The lowest BCUT2D eigenvalue weighted by atomic mass is 10.1. The third kappa shape index (κ3) is 4.20. The minimum absolute atomic E-state index is 0.122. The normalized spacial score (nSPS) is 11.6. The molecule has 2 heterocycles. The maximum atomic E-state index is 13.4. The number of aryl methyl sites for hydroxylation is 2. The number of nitrogens with zero attached hydrogens (tertiary/aromatic N) is 2. The van der Waals surface area contributed by atoms with Gasteiger partial charge < -0.3 is 4.52 Å². The van der Waals surface area contributed by atoms with E-state index in [1.54, 1.807) is 29.6 Å². The molecule has 0 bridgehead atoms. The Morgan fingerprint density at radius 1 is 1.03 bits per heavy atom. The van der Waals surface area contributed by atoms with Crippen LogP contribution >= 0.6 is 11.3 Å². The van der Waals surface area contributed by atoms with Crippen LogP contribution in [0, 0.1) is 19.7 Å². The second kappa shape index (κ2) is 7.41. The van der Waals surface area contributed by atoms with Crippen molar-refractivity contribution in [3.63, 3.8) is 0 Å². The summed E-state index contributed by atoms with van der Waals surface area (Å²) < 4.78 is 46.8. The first-order valence-corrected chi connectivity index (χ1v) is 11.0. The quantitative estimate of drug-likeness (QED) is 0.481. The molecule has 6 nitrogen and oxygen atoms in total. The molecule has 0 saturated heterocycles. The zero-order valence-corrected chi connectivity index (χ0v) is 17.1. The fourth-order valence-corrected chi connectivity index (χ4v) is 5.09. The van der Waals surface area contributed by atoms with Crippen LogP contribution < -0.4 is 4.72 Å². The molecular weight excluding hydrogens is 413 g/mol. The zero-order chi connectivity index (χ0) is 20.6. The van der Waals surface area contributed by atoms with Gasteiger partial charge in [0.25, 0.3) is 15.9 Å². The first-order chi connectivity index (χ1) is 13.8. The molecule has 0 radical (unpaired) electrons. The van der Waals surface area contributed by atoms with E-state index < -0.39 is 15.8 Å². The third-order valence-corrected chi connectivity index (χ3v) is 6.89. The number of hydrogen-bond acceptors (Lipinski definition) is 6. The summed E-state index contributed by atoms with van der Waals surface area (Å²) >= 11 is 1.05. The monoisotopic (exact) mass is 429 g/mol. The first-order valence-electron chi connectivity index (χ1n) is 8.60. The van der Waals surface area contributed by atoms with Gasteiger partial charge in [-0.05, 0) is 55.3 Å². The number of aromatic nitrogens is 2. The Labute approximate surface area is 171 Å². The highest BCUT2D eigenvalue weighted by Gasteiger charge is 2.20. The number of benzene rings is 2. The van der Waals surface area contributed by atoms with Crippen LogP contribution in [0.2, 0.25) is 0 Å². The van der Waals surface area contributed by atoms with Crippen LogP contribution in [0.15, 0.2) is 62.6 Å². The molecule has 2 aromatic heterocycles. The molecule has 0 amide bonds. The van der Waals surface area contributed by atoms with Gasteiger partial charge in [0.1, 0.15) is 10.0 Å². The van der Waals surface area contributed by atoms with E-state index in [2.05, 4.69) is 14.9 Å². The summed E-state index contributed by atoms with van der Waals surface area (Å²) in [7, 11) is -3.76. The van der Waals surface area contributed by atoms with Crippen molar-refractivity contribution in [1.29, 1.82) is 0 Å². The lowest BCUT2D eigenvalue weighted by Crippen LogP contribution is -2.11. The lowest BCUT2D eigenvalue weighted by Gasteiger charge is -2.08. The summed E-state index contributed by atoms with van der Waals surface area (Å²) in [6, 6.07) is 12.8.